The number of carbonyl (C=O) groups is 1. The Bertz CT molecular complexity index is 973. The second kappa shape index (κ2) is 9.89. The molecule has 3 rings (SSSR count). The van der Waals surface area contributed by atoms with Crippen LogP contribution in [0.3, 0.4) is 0 Å². The summed E-state index contributed by atoms with van der Waals surface area (Å²) in [6, 6.07) is 15.4. The van der Waals surface area contributed by atoms with Crippen molar-refractivity contribution in [2.45, 2.75) is 31.4 Å². The third-order valence-corrected chi connectivity index (χ3v) is 5.18. The predicted octanol–water partition coefficient (Wildman–Crippen LogP) is 5.83. The maximum absolute atomic E-state index is 12.3. The summed E-state index contributed by atoms with van der Waals surface area (Å²) in [5.74, 6) is -1.13. The monoisotopic (exact) mass is 438 g/mol. The minimum atomic E-state index is -4.85. The fourth-order valence-corrected chi connectivity index (χ4v) is 3.65. The van der Waals surface area contributed by atoms with Crippen molar-refractivity contribution in [1.82, 2.24) is 10.3 Å². The van der Waals surface area contributed by atoms with Gasteiger partial charge in [-0.2, -0.15) is 13.2 Å². The molecular weight excluding hydrogens is 417 g/mol. The Labute approximate surface area is 177 Å². The number of aromatic amines is 1. The van der Waals surface area contributed by atoms with Crippen molar-refractivity contribution in [3.05, 3.63) is 65.3 Å². The summed E-state index contributed by atoms with van der Waals surface area (Å²) in [5, 5.41) is 3.33. The van der Waals surface area contributed by atoms with E-state index in [4.69, 9.17) is 16.3 Å². The molecule has 2 N–H and O–H groups in total. The van der Waals surface area contributed by atoms with Crippen LogP contribution >= 0.6 is 11.6 Å². The highest BCUT2D eigenvalue weighted by Gasteiger charge is 2.38. The third kappa shape index (κ3) is 5.69. The first-order valence-electron chi connectivity index (χ1n) is 9.64. The van der Waals surface area contributed by atoms with E-state index in [-0.39, 0.29) is 12.5 Å². The average molecular weight is 439 g/mol. The molecule has 8 heteroatoms. The summed E-state index contributed by atoms with van der Waals surface area (Å²) < 4.78 is 42.9. The molecule has 0 fully saturated rings. The van der Waals surface area contributed by atoms with Crippen LogP contribution in [0.25, 0.3) is 10.9 Å². The first-order chi connectivity index (χ1) is 14.4. The second-order valence-electron chi connectivity index (χ2n) is 6.96. The molecule has 3 aromatic rings. The molecule has 0 spiro atoms. The van der Waals surface area contributed by atoms with Crippen LogP contribution in [0.4, 0.5) is 13.2 Å². The molecule has 1 atom stereocenters. The van der Waals surface area contributed by atoms with Gasteiger partial charge in [-0.25, -0.2) is 0 Å². The zero-order valence-electron chi connectivity index (χ0n) is 16.1. The summed E-state index contributed by atoms with van der Waals surface area (Å²) in [5.41, 5.74) is 1.97. The van der Waals surface area contributed by atoms with Gasteiger partial charge in [-0.3, -0.25) is 4.79 Å². The lowest BCUT2D eigenvalue weighted by atomic mass is 9.91. The predicted molar refractivity (Wildman–Crippen MR) is 111 cm³/mol. The van der Waals surface area contributed by atoms with E-state index in [0.29, 0.717) is 36.6 Å². The highest BCUT2D eigenvalue weighted by molar-refractivity contribution is 6.36. The molecular formula is C22H22ClF3N2O2. The molecule has 0 saturated heterocycles. The molecule has 0 radical (unpaired) electrons. The summed E-state index contributed by atoms with van der Waals surface area (Å²) in [6.45, 7) is 0.399. The van der Waals surface area contributed by atoms with Gasteiger partial charge < -0.3 is 15.0 Å². The molecule has 0 aliphatic rings. The fraction of sp³-hybridized carbons (Fsp3) is 0.318. The Hall–Kier alpha value is -2.67. The molecule has 1 aromatic heterocycles. The van der Waals surface area contributed by atoms with Gasteiger partial charge in [-0.05, 0) is 42.9 Å². The van der Waals surface area contributed by atoms with E-state index >= 15 is 0 Å². The molecule has 1 unspecified atom stereocenters. The number of benzene rings is 2. The molecule has 0 bridgehead atoms. The van der Waals surface area contributed by atoms with E-state index in [1.165, 1.54) is 0 Å². The van der Waals surface area contributed by atoms with Gasteiger partial charge in [0, 0.05) is 12.7 Å². The Balaban J connectivity index is 1.58. The topological polar surface area (TPSA) is 54.1 Å². The van der Waals surface area contributed by atoms with E-state index in [9.17, 15) is 18.0 Å². The molecule has 160 valence electrons. The van der Waals surface area contributed by atoms with E-state index in [0.717, 1.165) is 16.5 Å². The molecule has 1 amide bonds. The highest BCUT2D eigenvalue weighted by atomic mass is 35.5. The minimum Gasteiger partial charge on any atom is -0.493 e. The number of aromatic nitrogens is 1. The minimum absolute atomic E-state index is 0.0270. The van der Waals surface area contributed by atoms with Gasteiger partial charge >= 0.3 is 12.1 Å². The van der Waals surface area contributed by atoms with Crippen LogP contribution in [-0.4, -0.2) is 30.2 Å². The van der Waals surface area contributed by atoms with Crippen LogP contribution in [0, 0.1) is 0 Å². The van der Waals surface area contributed by atoms with Crippen molar-refractivity contribution in [3.63, 3.8) is 0 Å². The van der Waals surface area contributed by atoms with Crippen molar-refractivity contribution in [2.24, 2.45) is 0 Å². The Kier molecular flexibility index (Phi) is 7.26. The standard InChI is InChI=1S/C22H22ClF3N2O2/c23-17-14-28-18-9-4-10-19(20(17)18)30-13-11-16(15-6-2-1-3-7-15)8-5-12-27-21(29)22(24,25)26/h1-4,6-7,9-10,14,16,28H,5,8,11-13H2,(H,27,29). The van der Waals surface area contributed by atoms with Crippen LogP contribution in [0.2, 0.25) is 5.02 Å². The van der Waals surface area contributed by atoms with E-state index in [1.807, 2.05) is 53.8 Å². The second-order valence-corrected chi connectivity index (χ2v) is 7.36. The van der Waals surface area contributed by atoms with Gasteiger partial charge in [-0.1, -0.05) is 48.0 Å². The zero-order chi connectivity index (χ0) is 21.6. The zero-order valence-corrected chi connectivity index (χ0v) is 16.9. The van der Waals surface area contributed by atoms with Crippen molar-refractivity contribution < 1.29 is 22.7 Å². The fourth-order valence-electron chi connectivity index (χ4n) is 3.40. The van der Waals surface area contributed by atoms with E-state index in [1.54, 1.807) is 6.20 Å². The molecule has 0 aliphatic carbocycles. The normalized spacial score (nSPS) is 12.7. The number of halogens is 4. The lowest BCUT2D eigenvalue weighted by Crippen LogP contribution is -2.37. The van der Waals surface area contributed by atoms with Gasteiger partial charge in [0.25, 0.3) is 0 Å². The number of ether oxygens (including phenoxy) is 1. The van der Waals surface area contributed by atoms with Gasteiger partial charge in [-0.15, -0.1) is 0 Å². The van der Waals surface area contributed by atoms with Gasteiger partial charge in [0.2, 0.25) is 0 Å². The number of rotatable bonds is 9. The number of hydrogen-bond donors (Lipinski definition) is 2. The average Bonchev–Trinajstić information content (AvgIpc) is 3.11. The largest absolute Gasteiger partial charge is 0.493 e. The smallest absolute Gasteiger partial charge is 0.471 e. The maximum atomic E-state index is 12.3. The van der Waals surface area contributed by atoms with Crippen LogP contribution in [0.5, 0.6) is 5.75 Å². The van der Waals surface area contributed by atoms with Crippen LogP contribution < -0.4 is 10.1 Å². The SMILES string of the molecule is O=C(NCCCC(CCOc1cccc2[nH]cc(Cl)c12)c1ccccc1)C(F)(F)F. The molecule has 0 saturated carbocycles. The Morgan fingerprint density at radius 1 is 1.10 bits per heavy atom. The van der Waals surface area contributed by atoms with E-state index < -0.39 is 12.1 Å². The first kappa shape index (κ1) is 22.0. The lowest BCUT2D eigenvalue weighted by molar-refractivity contribution is -0.173. The molecule has 4 nitrogen and oxygen atoms in total. The lowest BCUT2D eigenvalue weighted by Gasteiger charge is -2.18. The molecule has 2 aromatic carbocycles. The first-order valence-corrected chi connectivity index (χ1v) is 10.0. The highest BCUT2D eigenvalue weighted by Crippen LogP contribution is 2.32. The number of H-pyrrole nitrogens is 1. The van der Waals surface area contributed by atoms with Crippen LogP contribution in [0.15, 0.2) is 54.7 Å². The summed E-state index contributed by atoms with van der Waals surface area (Å²) in [6.07, 6.45) is -1.41. The van der Waals surface area contributed by atoms with Gasteiger partial charge in [0.15, 0.2) is 0 Å². The van der Waals surface area contributed by atoms with Gasteiger partial charge in [0.05, 0.1) is 22.5 Å². The number of amides is 1. The number of hydrogen-bond acceptors (Lipinski definition) is 2. The molecule has 30 heavy (non-hydrogen) atoms. The van der Waals surface area contributed by atoms with Crippen LogP contribution in [-0.2, 0) is 4.79 Å². The van der Waals surface area contributed by atoms with Crippen LogP contribution in [0.1, 0.15) is 30.7 Å². The van der Waals surface area contributed by atoms with Crippen molar-refractivity contribution >= 4 is 28.4 Å². The van der Waals surface area contributed by atoms with Crippen molar-refractivity contribution in [2.75, 3.05) is 13.2 Å². The maximum Gasteiger partial charge on any atom is 0.471 e. The number of fused-ring (bicyclic) bond motifs is 1. The molecule has 1 heterocycles. The number of alkyl halides is 3. The summed E-state index contributed by atoms with van der Waals surface area (Å²) >= 11 is 6.23. The number of nitrogens with one attached hydrogen (secondary N) is 2. The van der Waals surface area contributed by atoms with Gasteiger partial charge in [0.1, 0.15) is 5.75 Å². The quantitative estimate of drug-likeness (QED) is 0.413. The number of carbonyl (C=O) groups excluding carboxylic acids is 1. The molecule has 0 aliphatic heterocycles. The third-order valence-electron chi connectivity index (χ3n) is 4.89. The Morgan fingerprint density at radius 3 is 2.60 bits per heavy atom. The van der Waals surface area contributed by atoms with Crippen molar-refractivity contribution in [1.29, 1.82) is 0 Å². The van der Waals surface area contributed by atoms with E-state index in [2.05, 4.69) is 4.98 Å². The Morgan fingerprint density at radius 2 is 1.87 bits per heavy atom. The summed E-state index contributed by atoms with van der Waals surface area (Å²) in [4.78, 5) is 14.0. The summed E-state index contributed by atoms with van der Waals surface area (Å²) in [7, 11) is 0. The van der Waals surface area contributed by atoms with Crippen molar-refractivity contribution in [3.8, 4) is 5.75 Å².